The van der Waals surface area contributed by atoms with E-state index in [1.54, 1.807) is 11.3 Å². The van der Waals surface area contributed by atoms with Crippen LogP contribution in [0.4, 0.5) is 5.69 Å². The molecule has 2 amide bonds. The van der Waals surface area contributed by atoms with Crippen LogP contribution in [0.25, 0.3) is 0 Å². The quantitative estimate of drug-likeness (QED) is 0.673. The van der Waals surface area contributed by atoms with Crippen LogP contribution in [-0.2, 0) is 9.59 Å². The van der Waals surface area contributed by atoms with Crippen molar-refractivity contribution >= 4 is 28.8 Å². The highest BCUT2D eigenvalue weighted by Gasteiger charge is 2.43. The lowest BCUT2D eigenvalue weighted by atomic mass is 9.85. The van der Waals surface area contributed by atoms with Gasteiger partial charge in [-0.3, -0.25) is 14.5 Å². The van der Waals surface area contributed by atoms with Gasteiger partial charge in [-0.2, -0.15) is 0 Å². The van der Waals surface area contributed by atoms with Crippen molar-refractivity contribution in [2.75, 3.05) is 37.6 Å². The lowest BCUT2D eigenvalue weighted by Crippen LogP contribution is -2.54. The standard InChI is InChI=1S/C25H29N3O2S/c1-3-4-13-26-14-16-27(17-15-26)25(30)21-11-12-23(29)28(20-9-7-19(2)8-10-20)24(21)22-6-5-18-31-22/h1,5-10,18,21,24H,4,11-17H2,2H3. The number of terminal acetylenes is 1. The van der Waals surface area contributed by atoms with E-state index in [0.29, 0.717) is 12.8 Å². The molecule has 0 aliphatic carbocycles. The Morgan fingerprint density at radius 3 is 2.55 bits per heavy atom. The molecule has 1 aromatic heterocycles. The molecule has 162 valence electrons. The summed E-state index contributed by atoms with van der Waals surface area (Å²) in [6.07, 6.45) is 7.12. The summed E-state index contributed by atoms with van der Waals surface area (Å²) in [7, 11) is 0. The van der Waals surface area contributed by atoms with Crippen LogP contribution in [-0.4, -0.2) is 54.3 Å². The third kappa shape index (κ3) is 4.68. The second-order valence-electron chi connectivity index (χ2n) is 8.33. The first-order chi connectivity index (χ1) is 15.1. The minimum atomic E-state index is -0.254. The fourth-order valence-corrected chi connectivity index (χ4v) is 5.48. The van der Waals surface area contributed by atoms with Crippen LogP contribution in [0.15, 0.2) is 41.8 Å². The molecule has 0 N–H and O–H groups in total. The van der Waals surface area contributed by atoms with Crippen LogP contribution in [0.2, 0.25) is 0 Å². The van der Waals surface area contributed by atoms with E-state index in [2.05, 4.69) is 10.8 Å². The molecule has 2 aliphatic heterocycles. The Balaban J connectivity index is 1.58. The molecule has 2 aliphatic rings. The van der Waals surface area contributed by atoms with Crippen molar-refractivity contribution in [3.05, 3.63) is 52.2 Å². The maximum atomic E-state index is 13.7. The lowest BCUT2D eigenvalue weighted by Gasteiger charge is -2.43. The van der Waals surface area contributed by atoms with E-state index in [9.17, 15) is 9.59 Å². The summed E-state index contributed by atoms with van der Waals surface area (Å²) in [5.41, 5.74) is 2.02. The first-order valence-corrected chi connectivity index (χ1v) is 11.8. The Bertz CT molecular complexity index is 940. The number of thiophene rings is 1. The van der Waals surface area contributed by atoms with Crippen LogP contribution in [0.5, 0.6) is 0 Å². The predicted molar refractivity (Wildman–Crippen MR) is 125 cm³/mol. The molecule has 0 spiro atoms. The van der Waals surface area contributed by atoms with E-state index in [0.717, 1.165) is 55.3 Å². The third-order valence-electron chi connectivity index (χ3n) is 6.32. The molecule has 0 bridgehead atoms. The monoisotopic (exact) mass is 435 g/mol. The van der Waals surface area contributed by atoms with Gasteiger partial charge in [-0.15, -0.1) is 23.7 Å². The smallest absolute Gasteiger partial charge is 0.228 e. The molecular weight excluding hydrogens is 406 g/mol. The van der Waals surface area contributed by atoms with E-state index >= 15 is 0 Å². The first-order valence-electron chi connectivity index (χ1n) is 10.9. The highest BCUT2D eigenvalue weighted by molar-refractivity contribution is 7.10. The number of anilines is 1. The maximum Gasteiger partial charge on any atom is 0.228 e. The molecule has 3 heterocycles. The Hall–Kier alpha value is -2.62. The SMILES string of the molecule is C#CCCN1CCN(C(=O)C2CCC(=O)N(c3ccc(C)cc3)C2c2cccs2)CC1. The molecule has 2 unspecified atom stereocenters. The highest BCUT2D eigenvalue weighted by Crippen LogP contribution is 2.42. The zero-order valence-electron chi connectivity index (χ0n) is 18.0. The molecule has 0 radical (unpaired) electrons. The summed E-state index contributed by atoms with van der Waals surface area (Å²) in [4.78, 5) is 34.0. The molecule has 1 aromatic carbocycles. The van der Waals surface area contributed by atoms with Gasteiger partial charge < -0.3 is 9.80 Å². The number of piperazine rings is 1. The molecule has 4 rings (SSSR count). The summed E-state index contributed by atoms with van der Waals surface area (Å²) < 4.78 is 0. The van der Waals surface area contributed by atoms with Crippen molar-refractivity contribution in [2.45, 2.75) is 32.2 Å². The Morgan fingerprint density at radius 2 is 1.90 bits per heavy atom. The van der Waals surface area contributed by atoms with E-state index in [1.807, 2.05) is 58.5 Å². The van der Waals surface area contributed by atoms with Crippen molar-refractivity contribution < 1.29 is 9.59 Å². The Morgan fingerprint density at radius 1 is 1.16 bits per heavy atom. The minimum Gasteiger partial charge on any atom is -0.340 e. The number of nitrogens with zero attached hydrogens (tertiary/aromatic N) is 3. The van der Waals surface area contributed by atoms with Crippen LogP contribution < -0.4 is 4.90 Å². The zero-order valence-corrected chi connectivity index (χ0v) is 18.8. The van der Waals surface area contributed by atoms with Gasteiger partial charge in [0.05, 0.1) is 12.0 Å². The van der Waals surface area contributed by atoms with Gasteiger partial charge in [-0.05, 0) is 36.9 Å². The summed E-state index contributed by atoms with van der Waals surface area (Å²) in [5.74, 6) is 2.72. The number of piperidine rings is 1. The van der Waals surface area contributed by atoms with E-state index < -0.39 is 0 Å². The second-order valence-corrected chi connectivity index (χ2v) is 9.31. The maximum absolute atomic E-state index is 13.7. The molecule has 0 saturated carbocycles. The molecular formula is C25H29N3O2S. The molecule has 2 saturated heterocycles. The van der Waals surface area contributed by atoms with Gasteiger partial charge in [0.15, 0.2) is 0 Å². The third-order valence-corrected chi connectivity index (χ3v) is 7.26. The Kier molecular flexibility index (Phi) is 6.74. The number of hydrogen-bond donors (Lipinski definition) is 0. The number of rotatable bonds is 5. The number of benzene rings is 1. The van der Waals surface area contributed by atoms with Crippen LogP contribution in [0, 0.1) is 25.2 Å². The number of amides is 2. The largest absolute Gasteiger partial charge is 0.340 e. The topological polar surface area (TPSA) is 43.9 Å². The number of carbonyl (C=O) groups is 2. The van der Waals surface area contributed by atoms with Gasteiger partial charge >= 0.3 is 0 Å². The van der Waals surface area contributed by atoms with Crippen LogP contribution >= 0.6 is 11.3 Å². The lowest BCUT2D eigenvalue weighted by molar-refractivity contribution is -0.140. The summed E-state index contributed by atoms with van der Waals surface area (Å²) in [5, 5.41) is 2.02. The molecule has 2 atom stereocenters. The summed E-state index contributed by atoms with van der Waals surface area (Å²) >= 11 is 1.62. The van der Waals surface area contributed by atoms with Crippen molar-refractivity contribution in [3.63, 3.8) is 0 Å². The fourth-order valence-electron chi connectivity index (χ4n) is 4.59. The predicted octanol–water partition coefficient (Wildman–Crippen LogP) is 3.71. The van der Waals surface area contributed by atoms with Crippen molar-refractivity contribution in [3.8, 4) is 12.3 Å². The van der Waals surface area contributed by atoms with E-state index in [4.69, 9.17) is 6.42 Å². The van der Waals surface area contributed by atoms with E-state index in [-0.39, 0.29) is 23.8 Å². The van der Waals surface area contributed by atoms with Crippen LogP contribution in [0.3, 0.4) is 0 Å². The van der Waals surface area contributed by atoms with Gasteiger partial charge in [0, 0.05) is 56.1 Å². The summed E-state index contributed by atoms with van der Waals surface area (Å²) in [6.45, 7) is 6.06. The van der Waals surface area contributed by atoms with Gasteiger partial charge in [-0.1, -0.05) is 23.8 Å². The van der Waals surface area contributed by atoms with Crippen molar-refractivity contribution in [1.82, 2.24) is 9.80 Å². The van der Waals surface area contributed by atoms with Gasteiger partial charge in [0.2, 0.25) is 11.8 Å². The van der Waals surface area contributed by atoms with Crippen molar-refractivity contribution in [1.29, 1.82) is 0 Å². The molecule has 5 nitrogen and oxygen atoms in total. The fraction of sp³-hybridized carbons (Fsp3) is 0.440. The van der Waals surface area contributed by atoms with E-state index in [1.165, 1.54) is 0 Å². The highest BCUT2D eigenvalue weighted by atomic mass is 32.1. The molecule has 2 aromatic rings. The Labute approximate surface area is 188 Å². The summed E-state index contributed by atoms with van der Waals surface area (Å²) in [6, 6.07) is 11.8. The number of carbonyl (C=O) groups excluding carboxylic acids is 2. The average Bonchev–Trinajstić information content (AvgIpc) is 3.33. The minimum absolute atomic E-state index is 0.0883. The number of aryl methyl sites for hydroxylation is 1. The first kappa shape index (κ1) is 21.6. The van der Waals surface area contributed by atoms with Gasteiger partial charge in [0.25, 0.3) is 0 Å². The number of hydrogen-bond acceptors (Lipinski definition) is 4. The van der Waals surface area contributed by atoms with Gasteiger partial charge in [0.1, 0.15) is 0 Å². The van der Waals surface area contributed by atoms with Crippen molar-refractivity contribution in [2.24, 2.45) is 5.92 Å². The molecule has 6 heteroatoms. The van der Waals surface area contributed by atoms with Crippen LogP contribution in [0.1, 0.15) is 35.7 Å². The second kappa shape index (κ2) is 9.67. The molecule has 2 fully saturated rings. The zero-order chi connectivity index (χ0) is 21.8. The normalized spacial score (nSPS) is 22.4. The van der Waals surface area contributed by atoms with Gasteiger partial charge in [-0.25, -0.2) is 0 Å². The molecule has 31 heavy (non-hydrogen) atoms. The average molecular weight is 436 g/mol.